The number of thiol groups is 1. The second kappa shape index (κ2) is 11.1. The Bertz CT molecular complexity index is 2230. The van der Waals surface area contributed by atoms with E-state index >= 15 is 4.39 Å². The summed E-state index contributed by atoms with van der Waals surface area (Å²) in [5, 5.41) is 0. The fourth-order valence-electron chi connectivity index (χ4n) is 6.34. The molecule has 2 unspecified atom stereocenters. The van der Waals surface area contributed by atoms with Gasteiger partial charge in [0.1, 0.15) is 35.5 Å². The number of alkyl halides is 1. The number of imidazole rings is 3. The highest BCUT2D eigenvalue weighted by Crippen LogP contribution is 2.60. The standard InChI is InChI=1S/C24H25FN10O8P2S2/c1-10-14-11(4-12(14)34-8-31-17-21(34)32-24-27-2-3-33(24)22(17)36)5-39-45(38,47)43-18-13(6-40-44(37,46)42-10)41-23(15(18)25)35-9-30-16-19(26)28-7-29-20(16)35/h2-3,7-9,11-15,18,23H,1,4-6H2,(H,27,32)(H,37,46)(H,38,47)(H2,26,28,29)/t11-,12-,13-,14-,15-,18-,23-,44?,45?/m1/s1. The smallest absolute Gasteiger partial charge is 0.386 e. The molecule has 8 rings (SSSR count). The highest BCUT2D eigenvalue weighted by molar-refractivity contribution is 8.44. The second-order valence-electron chi connectivity index (χ2n) is 11.2. The molecule has 0 spiro atoms. The molecule has 1 saturated carbocycles. The van der Waals surface area contributed by atoms with E-state index in [4.69, 9.17) is 40.4 Å². The van der Waals surface area contributed by atoms with Gasteiger partial charge in [-0.15, -0.1) is 0 Å². The van der Waals surface area contributed by atoms with E-state index < -0.39 is 62.6 Å². The number of nitrogens with zero attached hydrogens (tertiary/aromatic N) is 8. The molecule has 47 heavy (non-hydrogen) atoms. The Balaban J connectivity index is 1.08. The summed E-state index contributed by atoms with van der Waals surface area (Å²) in [7, 11) is 0. The second-order valence-corrected chi connectivity index (χ2v) is 16.9. The van der Waals surface area contributed by atoms with Crippen molar-refractivity contribution in [3.63, 3.8) is 0 Å². The first kappa shape index (κ1) is 31.0. The Hall–Kier alpha value is -3.26. The van der Waals surface area contributed by atoms with Gasteiger partial charge < -0.3 is 34.0 Å². The zero-order valence-electron chi connectivity index (χ0n) is 23.8. The summed E-state index contributed by atoms with van der Waals surface area (Å²) in [5.74, 6) is -0.526. The number of fused-ring (bicyclic) bond motifs is 5. The first-order valence-electron chi connectivity index (χ1n) is 14.1. The first-order valence-corrected chi connectivity index (χ1v) is 19.4. The minimum Gasteiger partial charge on any atom is -0.429 e. The summed E-state index contributed by atoms with van der Waals surface area (Å²) in [6.07, 6.45) is 1.24. The van der Waals surface area contributed by atoms with Crippen LogP contribution in [0.15, 0.2) is 48.5 Å². The van der Waals surface area contributed by atoms with Crippen LogP contribution in [0.25, 0.3) is 28.1 Å². The van der Waals surface area contributed by atoms with Gasteiger partial charge in [-0.2, -0.15) is 0 Å². The zero-order valence-corrected chi connectivity index (χ0v) is 27.3. The average Bonchev–Trinajstić information content (AvgIpc) is 3.78. The van der Waals surface area contributed by atoms with E-state index in [9.17, 15) is 14.3 Å². The maximum atomic E-state index is 16.1. The first-order chi connectivity index (χ1) is 22.4. The summed E-state index contributed by atoms with van der Waals surface area (Å²) in [6.45, 7) is -4.96. The molecule has 7 heterocycles. The molecule has 0 amide bonds. The highest BCUT2D eigenvalue weighted by Gasteiger charge is 2.52. The van der Waals surface area contributed by atoms with Crippen LogP contribution in [0, 0.1) is 11.8 Å². The molecular weight excluding hydrogens is 701 g/mol. The number of aromatic nitrogens is 9. The molecule has 5 aromatic rings. The number of ether oxygens (including phenoxy) is 1. The number of nitrogen functional groups attached to an aromatic ring is 1. The molecule has 0 aromatic carbocycles. The number of aromatic amines is 1. The van der Waals surface area contributed by atoms with Gasteiger partial charge in [0.25, 0.3) is 5.56 Å². The Labute approximate surface area is 273 Å². The van der Waals surface area contributed by atoms with Gasteiger partial charge >= 0.3 is 13.5 Å². The lowest BCUT2D eigenvalue weighted by atomic mass is 9.68. The number of anilines is 1. The van der Waals surface area contributed by atoms with Crippen LogP contribution < -0.4 is 11.3 Å². The van der Waals surface area contributed by atoms with Crippen LogP contribution in [0.2, 0.25) is 0 Å². The molecule has 0 bridgehead atoms. The molecular formula is C24H25FN10O8P2S2. The Morgan fingerprint density at radius 3 is 2.77 bits per heavy atom. The van der Waals surface area contributed by atoms with Crippen molar-refractivity contribution in [1.29, 1.82) is 0 Å². The van der Waals surface area contributed by atoms with E-state index in [0.29, 0.717) is 17.8 Å². The number of allylic oxidation sites excluding steroid dienone is 1. The van der Waals surface area contributed by atoms with Crippen molar-refractivity contribution >= 4 is 71.5 Å². The number of halogens is 1. The van der Waals surface area contributed by atoms with E-state index in [1.807, 2.05) is 0 Å². The summed E-state index contributed by atoms with van der Waals surface area (Å²) in [5.41, 5.74) is 6.51. The van der Waals surface area contributed by atoms with Gasteiger partial charge in [-0.25, -0.2) is 38.3 Å². The molecule has 4 N–H and O–H groups in total. The van der Waals surface area contributed by atoms with Crippen LogP contribution in [-0.4, -0.2) is 79.9 Å². The SMILES string of the molecule is C=C1OP(O)(=S)OC[C@H]2O[C@@H](n3cnc4c(N)ncnc43)[C@H](F)[C@@H]2OP(=O)(S)OC[C@H]2C[C@@H](n3cnc4c(=O)n5ccnc5[nH]c43)[C@H]12. The molecule has 1 aliphatic carbocycles. The fourth-order valence-corrected chi connectivity index (χ4v) is 9.14. The van der Waals surface area contributed by atoms with E-state index in [1.165, 1.54) is 40.3 Å². The lowest BCUT2D eigenvalue weighted by molar-refractivity contribution is -0.0414. The molecule has 248 valence electrons. The number of rotatable bonds is 2. The van der Waals surface area contributed by atoms with E-state index in [2.05, 4.69) is 48.7 Å². The number of nitrogens with one attached hydrogen (secondary N) is 1. The Kier molecular flexibility index (Phi) is 7.36. The summed E-state index contributed by atoms with van der Waals surface area (Å²) >= 11 is 9.43. The van der Waals surface area contributed by atoms with Crippen LogP contribution in [0.3, 0.4) is 0 Å². The predicted octanol–water partition coefficient (Wildman–Crippen LogP) is 2.42. The third-order valence-corrected chi connectivity index (χ3v) is 11.6. The van der Waals surface area contributed by atoms with Gasteiger partial charge in [0.2, 0.25) is 5.78 Å². The molecule has 18 nitrogen and oxygen atoms in total. The van der Waals surface area contributed by atoms with Crippen LogP contribution in [0.5, 0.6) is 0 Å². The zero-order chi connectivity index (χ0) is 32.8. The Morgan fingerprint density at radius 1 is 1.15 bits per heavy atom. The van der Waals surface area contributed by atoms with Crippen molar-refractivity contribution in [2.75, 3.05) is 18.9 Å². The van der Waals surface area contributed by atoms with E-state index in [1.54, 1.807) is 4.57 Å². The lowest BCUT2D eigenvalue weighted by Gasteiger charge is -2.46. The number of H-pyrrole nitrogens is 1. The normalized spacial score (nSPS) is 35.0. The summed E-state index contributed by atoms with van der Waals surface area (Å²) in [4.78, 5) is 47.7. The van der Waals surface area contributed by atoms with Crippen molar-refractivity contribution in [1.82, 2.24) is 43.4 Å². The minimum atomic E-state index is -4.23. The molecule has 9 atom stereocenters. The van der Waals surface area contributed by atoms with Crippen molar-refractivity contribution in [2.45, 2.75) is 37.1 Å². The Morgan fingerprint density at radius 2 is 1.94 bits per heavy atom. The summed E-state index contributed by atoms with van der Waals surface area (Å²) in [6, 6.07) is -0.406. The quantitative estimate of drug-likeness (QED) is 0.152. The van der Waals surface area contributed by atoms with E-state index in [-0.39, 0.29) is 40.4 Å². The topological polar surface area (TPSA) is 221 Å². The molecule has 3 fully saturated rings. The van der Waals surface area contributed by atoms with Crippen LogP contribution in [-0.2, 0) is 39.2 Å². The van der Waals surface area contributed by atoms with Gasteiger partial charge in [0, 0.05) is 36.2 Å². The maximum absolute atomic E-state index is 16.1. The van der Waals surface area contributed by atoms with Crippen LogP contribution >= 0.6 is 25.8 Å². The monoisotopic (exact) mass is 726 g/mol. The van der Waals surface area contributed by atoms with Crippen LogP contribution in [0.1, 0.15) is 18.7 Å². The fraction of sp³-hybridized carbons (Fsp3) is 0.417. The summed E-state index contributed by atoms with van der Waals surface area (Å²) < 4.78 is 62.6. The predicted molar refractivity (Wildman–Crippen MR) is 168 cm³/mol. The van der Waals surface area contributed by atoms with Gasteiger partial charge in [-0.05, 0) is 12.3 Å². The van der Waals surface area contributed by atoms with Crippen molar-refractivity contribution in [3.8, 4) is 0 Å². The third kappa shape index (κ3) is 5.21. The molecule has 23 heteroatoms. The molecule has 2 aliphatic heterocycles. The molecule has 5 aromatic heterocycles. The highest BCUT2D eigenvalue weighted by atomic mass is 32.7. The van der Waals surface area contributed by atoms with Gasteiger partial charge in [0.15, 0.2) is 29.4 Å². The van der Waals surface area contributed by atoms with Crippen molar-refractivity contribution in [2.24, 2.45) is 11.8 Å². The van der Waals surface area contributed by atoms with Crippen LogP contribution in [0.4, 0.5) is 10.2 Å². The number of hydrogen-bond donors (Lipinski definition) is 4. The molecule has 3 aliphatic rings. The maximum Gasteiger partial charge on any atom is 0.386 e. The van der Waals surface area contributed by atoms with Crippen molar-refractivity contribution in [3.05, 3.63) is 54.1 Å². The third-order valence-electron chi connectivity index (χ3n) is 8.55. The van der Waals surface area contributed by atoms with Gasteiger partial charge in [0.05, 0.1) is 25.9 Å². The lowest BCUT2D eigenvalue weighted by Crippen LogP contribution is -2.42. The molecule has 2 saturated heterocycles. The van der Waals surface area contributed by atoms with Crippen molar-refractivity contribution < 1.29 is 36.7 Å². The molecule has 0 radical (unpaired) electrons. The van der Waals surface area contributed by atoms with Gasteiger partial charge in [-0.3, -0.25) is 18.4 Å². The largest absolute Gasteiger partial charge is 0.429 e. The van der Waals surface area contributed by atoms with E-state index in [0.717, 1.165) is 0 Å². The minimum absolute atomic E-state index is 0.0632. The average molecular weight is 727 g/mol. The number of nitrogens with two attached hydrogens (primary N) is 1. The van der Waals surface area contributed by atoms with Gasteiger partial charge in [-0.1, -0.05) is 18.8 Å². The number of hydrogen-bond acceptors (Lipinski definition) is 14.